The number of alkyl halides is 3. The van der Waals surface area contributed by atoms with E-state index in [0.717, 1.165) is 61.5 Å². The Bertz CT molecular complexity index is 1360. The van der Waals surface area contributed by atoms with Crippen LogP contribution in [0.15, 0.2) is 79.1 Å². The van der Waals surface area contributed by atoms with Crippen LogP contribution in [-0.4, -0.2) is 53.4 Å². The van der Waals surface area contributed by atoms with Crippen molar-refractivity contribution in [3.8, 4) is 0 Å². The van der Waals surface area contributed by atoms with Crippen LogP contribution in [0.5, 0.6) is 0 Å². The molecule has 0 radical (unpaired) electrons. The highest BCUT2D eigenvalue weighted by atomic mass is 19.4. The topological polar surface area (TPSA) is 39.7 Å². The molecule has 1 saturated heterocycles. The zero-order valence-corrected chi connectivity index (χ0v) is 25.2. The van der Waals surface area contributed by atoms with E-state index in [1.54, 1.807) is 18.5 Å². The minimum Gasteiger partial charge on any atom is -0.345 e. The number of halogens is 3. The van der Waals surface area contributed by atoms with Crippen LogP contribution in [0.1, 0.15) is 49.8 Å². The van der Waals surface area contributed by atoms with E-state index in [1.165, 1.54) is 24.6 Å². The lowest BCUT2D eigenvalue weighted by atomic mass is 10.0. The number of anilines is 2. The Kier molecular flexibility index (Phi) is 9.55. The highest BCUT2D eigenvalue weighted by Gasteiger charge is 2.43. The van der Waals surface area contributed by atoms with Crippen molar-refractivity contribution in [3.63, 3.8) is 0 Å². The van der Waals surface area contributed by atoms with Crippen LogP contribution in [-0.2, 0) is 17.5 Å². The van der Waals surface area contributed by atoms with Gasteiger partial charge in [-0.1, -0.05) is 38.1 Å². The molecular formula is C35H41F3N4O. The van der Waals surface area contributed by atoms with Gasteiger partial charge in [-0.05, 0) is 97.2 Å². The van der Waals surface area contributed by atoms with E-state index in [4.69, 9.17) is 0 Å². The summed E-state index contributed by atoms with van der Waals surface area (Å²) in [6.07, 6.45) is 5.43. The number of benzene rings is 2. The molecule has 8 heteroatoms. The average molecular weight is 591 g/mol. The second-order valence-electron chi connectivity index (χ2n) is 12.4. The van der Waals surface area contributed by atoms with Crippen LogP contribution in [0.3, 0.4) is 0 Å². The number of fused-ring (bicyclic) bond motifs is 1. The number of nitrogens with zero attached hydrogens (tertiary/aromatic N) is 4. The lowest BCUT2D eigenvalue weighted by Gasteiger charge is -2.30. The first kappa shape index (κ1) is 30.8. The number of hydrogen-bond acceptors (Lipinski definition) is 4. The first-order valence-corrected chi connectivity index (χ1v) is 15.2. The maximum atomic E-state index is 13.7. The summed E-state index contributed by atoms with van der Waals surface area (Å²) in [6, 6.07) is 17.2. The smallest absolute Gasteiger partial charge is 0.345 e. The number of carbonyl (C=O) groups excluding carboxylic acids is 1. The molecule has 1 aliphatic carbocycles. The van der Waals surface area contributed by atoms with E-state index in [2.05, 4.69) is 52.9 Å². The summed E-state index contributed by atoms with van der Waals surface area (Å²) in [7, 11) is 2.01. The zero-order valence-electron chi connectivity index (χ0n) is 25.2. The third kappa shape index (κ3) is 7.85. The van der Waals surface area contributed by atoms with E-state index < -0.39 is 11.7 Å². The summed E-state index contributed by atoms with van der Waals surface area (Å²) in [5.74, 6) is 1.75. The van der Waals surface area contributed by atoms with Gasteiger partial charge < -0.3 is 14.7 Å². The van der Waals surface area contributed by atoms with E-state index >= 15 is 0 Å². The van der Waals surface area contributed by atoms with Crippen molar-refractivity contribution in [2.24, 2.45) is 17.8 Å². The second-order valence-corrected chi connectivity index (χ2v) is 12.4. The highest BCUT2D eigenvalue weighted by molar-refractivity contribution is 5.92. The SMILES string of the molecule is CC(C)CCN1C[C@H]2CC(N(Cc3ccc(N(C)c4ccncc4)cc3)C(=O)/C=C/c3ccc(C(F)(F)F)cc3)C[C@H]2C1. The Balaban J connectivity index is 1.30. The van der Waals surface area contributed by atoms with Crippen LogP contribution >= 0.6 is 0 Å². The molecule has 1 saturated carbocycles. The molecule has 43 heavy (non-hydrogen) atoms. The van der Waals surface area contributed by atoms with Gasteiger partial charge in [-0.2, -0.15) is 13.2 Å². The van der Waals surface area contributed by atoms with Crippen molar-refractivity contribution in [1.29, 1.82) is 0 Å². The maximum absolute atomic E-state index is 13.7. The highest BCUT2D eigenvalue weighted by Crippen LogP contribution is 2.41. The molecule has 5 rings (SSSR count). The first-order chi connectivity index (χ1) is 20.6. The fourth-order valence-electron chi connectivity index (χ4n) is 6.41. The number of hydrogen-bond donors (Lipinski definition) is 0. The molecule has 0 N–H and O–H groups in total. The van der Waals surface area contributed by atoms with Gasteiger partial charge >= 0.3 is 6.18 Å². The molecule has 0 bridgehead atoms. The fraction of sp³-hybridized carbons (Fsp3) is 0.429. The number of rotatable bonds is 10. The zero-order chi connectivity index (χ0) is 30.6. The van der Waals surface area contributed by atoms with Gasteiger partial charge in [0.1, 0.15) is 0 Å². The lowest BCUT2D eigenvalue weighted by Crippen LogP contribution is -2.38. The van der Waals surface area contributed by atoms with Gasteiger partial charge in [0.15, 0.2) is 0 Å². The number of carbonyl (C=O) groups is 1. The number of amides is 1. The Labute approximate surface area is 253 Å². The maximum Gasteiger partial charge on any atom is 0.416 e. The van der Waals surface area contributed by atoms with E-state index in [0.29, 0.717) is 29.9 Å². The molecule has 3 aromatic rings. The lowest BCUT2D eigenvalue weighted by molar-refractivity contribution is -0.137. The van der Waals surface area contributed by atoms with Crippen LogP contribution in [0.25, 0.3) is 6.08 Å². The largest absolute Gasteiger partial charge is 0.416 e. The Morgan fingerprint density at radius 1 is 0.953 bits per heavy atom. The predicted octanol–water partition coefficient (Wildman–Crippen LogP) is 7.67. The summed E-state index contributed by atoms with van der Waals surface area (Å²) in [5, 5.41) is 0. The molecule has 1 amide bonds. The minimum absolute atomic E-state index is 0.112. The van der Waals surface area contributed by atoms with Crippen LogP contribution in [0, 0.1) is 17.8 Å². The van der Waals surface area contributed by atoms with Gasteiger partial charge in [0.05, 0.1) is 5.56 Å². The molecule has 2 aliphatic rings. The molecule has 1 unspecified atom stereocenters. The summed E-state index contributed by atoms with van der Waals surface area (Å²) in [6.45, 7) is 8.32. The summed E-state index contributed by atoms with van der Waals surface area (Å²) < 4.78 is 39.0. The van der Waals surface area contributed by atoms with E-state index in [1.807, 2.05) is 24.1 Å². The predicted molar refractivity (Wildman–Crippen MR) is 166 cm³/mol. The Hall–Kier alpha value is -3.65. The second kappa shape index (κ2) is 13.3. The van der Waals surface area contributed by atoms with Gasteiger partial charge in [0, 0.05) is 62.6 Å². The van der Waals surface area contributed by atoms with Gasteiger partial charge in [-0.25, -0.2) is 0 Å². The van der Waals surface area contributed by atoms with Gasteiger partial charge in [0.25, 0.3) is 0 Å². The molecule has 2 aromatic carbocycles. The Morgan fingerprint density at radius 3 is 2.14 bits per heavy atom. The quantitative estimate of drug-likeness (QED) is 0.227. The standard InChI is InChI=1S/C35H41F3N4O/c1-25(2)16-19-41-23-28-20-33(21-29(28)24-41)42(34(43)13-8-26-4-9-30(10-5-26)35(36,37)38)22-27-6-11-31(12-7-27)40(3)32-14-17-39-18-15-32/h4-15,17-18,25,28-29,33H,16,19-24H2,1-3H3/b13-8+/t28-,29+,33?. The third-order valence-corrected chi connectivity index (χ3v) is 8.93. The van der Waals surface area contributed by atoms with Gasteiger partial charge in [0.2, 0.25) is 5.91 Å². The first-order valence-electron chi connectivity index (χ1n) is 15.2. The molecule has 1 aliphatic heterocycles. The monoisotopic (exact) mass is 590 g/mol. The van der Waals surface area contributed by atoms with E-state index in [9.17, 15) is 18.0 Å². The normalized spacial score (nSPS) is 20.6. The van der Waals surface area contributed by atoms with Crippen molar-refractivity contribution < 1.29 is 18.0 Å². The number of aromatic nitrogens is 1. The average Bonchev–Trinajstić information content (AvgIpc) is 3.57. The molecule has 228 valence electrons. The minimum atomic E-state index is -4.39. The molecule has 3 atom stereocenters. The molecule has 5 nitrogen and oxygen atoms in total. The van der Waals surface area contributed by atoms with Crippen LogP contribution in [0.2, 0.25) is 0 Å². The molecule has 0 spiro atoms. The molecule has 2 fully saturated rings. The van der Waals surface area contributed by atoms with Crippen LogP contribution < -0.4 is 4.90 Å². The number of likely N-dealkylation sites (tertiary alicyclic amines) is 1. The van der Waals surface area contributed by atoms with Crippen molar-refractivity contribution >= 4 is 23.4 Å². The van der Waals surface area contributed by atoms with Crippen LogP contribution in [0.4, 0.5) is 24.5 Å². The molecule has 1 aromatic heterocycles. The van der Waals surface area contributed by atoms with Crippen molar-refractivity contribution in [1.82, 2.24) is 14.8 Å². The molecule has 2 heterocycles. The van der Waals surface area contributed by atoms with Crippen molar-refractivity contribution in [2.45, 2.75) is 51.9 Å². The summed E-state index contributed by atoms with van der Waals surface area (Å²) in [5.41, 5.74) is 2.98. The van der Waals surface area contributed by atoms with E-state index in [-0.39, 0.29) is 11.9 Å². The third-order valence-electron chi connectivity index (χ3n) is 8.93. The van der Waals surface area contributed by atoms with Crippen molar-refractivity contribution in [2.75, 3.05) is 31.6 Å². The summed E-state index contributed by atoms with van der Waals surface area (Å²) >= 11 is 0. The number of pyridine rings is 1. The summed E-state index contributed by atoms with van der Waals surface area (Å²) in [4.78, 5) is 24.4. The van der Waals surface area contributed by atoms with Gasteiger partial charge in [-0.15, -0.1) is 0 Å². The van der Waals surface area contributed by atoms with Gasteiger partial charge in [-0.3, -0.25) is 9.78 Å². The fourth-order valence-corrected chi connectivity index (χ4v) is 6.41. The molecular weight excluding hydrogens is 549 g/mol. The van der Waals surface area contributed by atoms with Crippen molar-refractivity contribution in [3.05, 3.63) is 95.8 Å². The Morgan fingerprint density at radius 2 is 1.56 bits per heavy atom.